The highest BCUT2D eigenvalue weighted by molar-refractivity contribution is 8.01. The number of hydrogen-bond donors (Lipinski definition) is 2. The van der Waals surface area contributed by atoms with Gasteiger partial charge in [-0.25, -0.2) is 0 Å². The molecule has 1 aliphatic rings. The van der Waals surface area contributed by atoms with Crippen LogP contribution < -0.4 is 5.32 Å². The average Bonchev–Trinajstić information content (AvgIpc) is 3.04. The van der Waals surface area contributed by atoms with Crippen LogP contribution in [0.2, 0.25) is 0 Å². The van der Waals surface area contributed by atoms with Gasteiger partial charge in [-0.1, -0.05) is 23.1 Å². The highest BCUT2D eigenvalue weighted by atomic mass is 32.2. The Bertz CT molecular complexity index is 434. The van der Waals surface area contributed by atoms with Crippen molar-refractivity contribution in [1.82, 2.24) is 10.2 Å². The fraction of sp³-hybridized carbons (Fsp3) is 0.700. The van der Waals surface area contributed by atoms with Crippen LogP contribution in [-0.4, -0.2) is 59.5 Å². The van der Waals surface area contributed by atoms with Gasteiger partial charge in [0.05, 0.1) is 12.4 Å². The number of carbonyl (C=O) groups is 1. The van der Waals surface area contributed by atoms with Crippen LogP contribution in [0.5, 0.6) is 0 Å². The van der Waals surface area contributed by atoms with Gasteiger partial charge in [-0.2, -0.15) is 0 Å². The number of carboxylic acid groups (broad SMARTS) is 1. The lowest BCUT2D eigenvalue weighted by Gasteiger charge is -2.25. The Morgan fingerprint density at radius 2 is 2.53 bits per heavy atom. The van der Waals surface area contributed by atoms with Crippen LogP contribution in [0.4, 0.5) is 5.13 Å². The summed E-state index contributed by atoms with van der Waals surface area (Å²) in [6, 6.07) is 0. The van der Waals surface area contributed by atoms with Crippen molar-refractivity contribution in [3.63, 3.8) is 0 Å². The van der Waals surface area contributed by atoms with Gasteiger partial charge in [0.25, 0.3) is 0 Å². The lowest BCUT2D eigenvalue weighted by molar-refractivity contribution is -0.133. The Morgan fingerprint density at radius 3 is 3.16 bits per heavy atom. The minimum absolute atomic E-state index is 0.00944. The van der Waals surface area contributed by atoms with Crippen molar-refractivity contribution >= 4 is 34.2 Å². The molecule has 0 saturated carbocycles. The molecule has 1 aliphatic heterocycles. The maximum Gasteiger partial charge on any atom is 0.313 e. The lowest BCUT2D eigenvalue weighted by atomic mass is 10.0. The molecule has 1 saturated heterocycles. The largest absolute Gasteiger partial charge is 0.481 e. The van der Waals surface area contributed by atoms with Crippen molar-refractivity contribution in [2.45, 2.75) is 16.4 Å². The number of rotatable bonds is 7. The van der Waals surface area contributed by atoms with E-state index in [2.05, 4.69) is 15.5 Å². The summed E-state index contributed by atoms with van der Waals surface area (Å²) in [5.74, 6) is -0.874. The van der Waals surface area contributed by atoms with Crippen LogP contribution >= 0.6 is 23.1 Å². The number of aliphatic carboxylic acids is 1. The highest BCUT2D eigenvalue weighted by Crippen LogP contribution is 2.27. The number of carboxylic acids is 1. The van der Waals surface area contributed by atoms with E-state index in [1.807, 2.05) is 0 Å². The molecule has 9 heteroatoms. The normalized spacial score (nSPS) is 22.6. The molecule has 7 nitrogen and oxygen atoms in total. The van der Waals surface area contributed by atoms with Gasteiger partial charge in [0.2, 0.25) is 5.13 Å². The second-order valence-electron chi connectivity index (χ2n) is 4.10. The molecule has 1 aromatic heterocycles. The topological polar surface area (TPSA) is 93.6 Å². The van der Waals surface area contributed by atoms with E-state index < -0.39 is 5.97 Å². The van der Waals surface area contributed by atoms with E-state index in [1.165, 1.54) is 11.3 Å². The van der Waals surface area contributed by atoms with Crippen molar-refractivity contribution in [2.24, 2.45) is 0 Å². The molecule has 2 rings (SSSR count). The highest BCUT2D eigenvalue weighted by Gasteiger charge is 2.34. The first-order chi connectivity index (χ1) is 9.13. The third-order valence-corrected chi connectivity index (χ3v) is 4.79. The van der Waals surface area contributed by atoms with Crippen LogP contribution in [0.25, 0.3) is 0 Å². The molecule has 1 fully saturated rings. The van der Waals surface area contributed by atoms with Gasteiger partial charge in [0.1, 0.15) is 5.60 Å². The zero-order chi connectivity index (χ0) is 13.7. The SMILES string of the molecule is COC1(CNc2nnc(SCC(=O)O)s2)CCOC1. The zero-order valence-corrected chi connectivity index (χ0v) is 12.1. The Labute approximate surface area is 118 Å². The quantitative estimate of drug-likeness (QED) is 0.719. The minimum Gasteiger partial charge on any atom is -0.481 e. The molecule has 1 atom stereocenters. The van der Waals surface area contributed by atoms with Gasteiger partial charge in [-0.15, -0.1) is 10.2 Å². The van der Waals surface area contributed by atoms with Gasteiger partial charge in [-0.3, -0.25) is 4.79 Å². The van der Waals surface area contributed by atoms with Gasteiger partial charge >= 0.3 is 5.97 Å². The van der Waals surface area contributed by atoms with Gasteiger partial charge in [-0.05, 0) is 0 Å². The fourth-order valence-electron chi connectivity index (χ4n) is 1.66. The van der Waals surface area contributed by atoms with Gasteiger partial charge in [0, 0.05) is 26.7 Å². The first kappa shape index (κ1) is 14.5. The van der Waals surface area contributed by atoms with Gasteiger partial charge in [0.15, 0.2) is 4.34 Å². The summed E-state index contributed by atoms with van der Waals surface area (Å²) in [5.41, 5.74) is -0.306. The lowest BCUT2D eigenvalue weighted by Crippen LogP contribution is -2.39. The summed E-state index contributed by atoms with van der Waals surface area (Å²) in [6.07, 6.45) is 0.843. The molecular weight excluding hydrogens is 290 g/mol. The summed E-state index contributed by atoms with van der Waals surface area (Å²) in [7, 11) is 1.67. The molecular formula is C10H15N3O4S2. The van der Waals surface area contributed by atoms with Crippen LogP contribution in [0.15, 0.2) is 4.34 Å². The number of ether oxygens (including phenoxy) is 2. The Hall–Kier alpha value is -0.900. The van der Waals surface area contributed by atoms with Crippen LogP contribution in [0.3, 0.4) is 0 Å². The smallest absolute Gasteiger partial charge is 0.313 e. The first-order valence-electron chi connectivity index (χ1n) is 5.68. The maximum atomic E-state index is 10.4. The van der Waals surface area contributed by atoms with Crippen LogP contribution in [0, 0.1) is 0 Å². The van der Waals surface area contributed by atoms with E-state index in [1.54, 1.807) is 7.11 Å². The molecule has 0 aliphatic carbocycles. The van der Waals surface area contributed by atoms with E-state index >= 15 is 0 Å². The molecule has 2 heterocycles. The number of nitrogens with one attached hydrogen (secondary N) is 1. The molecule has 106 valence electrons. The summed E-state index contributed by atoms with van der Waals surface area (Å²) < 4.78 is 11.5. The predicted molar refractivity (Wildman–Crippen MR) is 71.9 cm³/mol. The Morgan fingerprint density at radius 1 is 1.68 bits per heavy atom. The predicted octanol–water partition coefficient (Wildman–Crippen LogP) is 0.932. The molecule has 1 aromatic rings. The van der Waals surface area contributed by atoms with Crippen molar-refractivity contribution < 1.29 is 19.4 Å². The summed E-state index contributed by atoms with van der Waals surface area (Å²) >= 11 is 2.50. The monoisotopic (exact) mass is 305 g/mol. The standard InChI is InChI=1S/C10H15N3O4S2/c1-16-10(2-3-17-6-10)5-11-8-12-13-9(19-8)18-4-7(14)15/h2-6H2,1H3,(H,11,12)(H,14,15). The number of hydrogen-bond acceptors (Lipinski definition) is 8. The number of methoxy groups -OCH3 is 1. The summed E-state index contributed by atoms with van der Waals surface area (Å²) in [5, 5.41) is 20.3. The van der Waals surface area contributed by atoms with E-state index in [0.29, 0.717) is 29.2 Å². The summed E-state index contributed by atoms with van der Waals surface area (Å²) in [6.45, 7) is 1.86. The summed E-state index contributed by atoms with van der Waals surface area (Å²) in [4.78, 5) is 10.4. The van der Waals surface area contributed by atoms with Gasteiger partial charge < -0.3 is 19.9 Å². The Kier molecular flexibility index (Phi) is 4.97. The third-order valence-electron chi connectivity index (χ3n) is 2.79. The van der Waals surface area contributed by atoms with Crippen molar-refractivity contribution in [3.05, 3.63) is 0 Å². The second kappa shape index (κ2) is 6.51. The maximum absolute atomic E-state index is 10.4. The number of anilines is 1. The number of thioether (sulfide) groups is 1. The van der Waals surface area contributed by atoms with E-state index in [-0.39, 0.29) is 11.4 Å². The average molecular weight is 305 g/mol. The fourth-order valence-corrected chi connectivity index (χ4v) is 3.13. The van der Waals surface area contributed by atoms with E-state index in [4.69, 9.17) is 14.6 Å². The molecule has 0 bridgehead atoms. The van der Waals surface area contributed by atoms with Crippen molar-refractivity contribution in [3.8, 4) is 0 Å². The number of nitrogens with zero attached hydrogens (tertiary/aromatic N) is 2. The second-order valence-corrected chi connectivity index (χ2v) is 6.30. The molecule has 0 spiro atoms. The Balaban J connectivity index is 1.84. The van der Waals surface area contributed by atoms with Crippen LogP contribution in [-0.2, 0) is 14.3 Å². The number of aromatic nitrogens is 2. The molecule has 0 radical (unpaired) electrons. The van der Waals surface area contributed by atoms with E-state index in [9.17, 15) is 4.79 Å². The molecule has 2 N–H and O–H groups in total. The first-order valence-corrected chi connectivity index (χ1v) is 7.49. The third kappa shape index (κ3) is 4.03. The van der Waals surface area contributed by atoms with Crippen molar-refractivity contribution in [2.75, 3.05) is 37.9 Å². The molecule has 0 aromatic carbocycles. The zero-order valence-electron chi connectivity index (χ0n) is 10.4. The van der Waals surface area contributed by atoms with E-state index in [0.717, 1.165) is 18.2 Å². The minimum atomic E-state index is -0.865. The molecule has 19 heavy (non-hydrogen) atoms. The van der Waals surface area contributed by atoms with Crippen molar-refractivity contribution in [1.29, 1.82) is 0 Å². The van der Waals surface area contributed by atoms with Crippen LogP contribution in [0.1, 0.15) is 6.42 Å². The molecule has 1 unspecified atom stereocenters. The molecule has 0 amide bonds.